The number of rotatable bonds is 3. The lowest BCUT2D eigenvalue weighted by Gasteiger charge is -2.29. The first-order valence-electron chi connectivity index (χ1n) is 6.20. The van der Waals surface area contributed by atoms with Crippen LogP contribution in [0.15, 0.2) is 28.2 Å². The van der Waals surface area contributed by atoms with E-state index >= 15 is 0 Å². The van der Waals surface area contributed by atoms with Crippen LogP contribution < -0.4 is 0 Å². The predicted octanol–water partition coefficient (Wildman–Crippen LogP) is 2.36. The third-order valence-corrected chi connectivity index (χ3v) is 4.01. The highest BCUT2D eigenvalue weighted by Gasteiger charge is 2.19. The molecule has 5 heteroatoms. The molecule has 2 aromatic rings. The molecule has 3 heterocycles. The minimum Gasteiger partial charge on any atom is -0.444 e. The summed E-state index contributed by atoms with van der Waals surface area (Å²) in [5, 5.41) is 11.6. The van der Waals surface area contributed by atoms with Crippen molar-refractivity contribution >= 4 is 11.3 Å². The lowest BCUT2D eigenvalue weighted by Crippen LogP contribution is -2.37. The molecule has 4 nitrogen and oxygen atoms in total. The molecule has 0 unspecified atom stereocenters. The number of aliphatic hydroxyl groups is 1. The molecule has 0 saturated carbocycles. The van der Waals surface area contributed by atoms with Crippen LogP contribution in [0.5, 0.6) is 0 Å². The van der Waals surface area contributed by atoms with Crippen molar-refractivity contribution in [2.45, 2.75) is 25.5 Å². The maximum absolute atomic E-state index is 9.63. The number of hydrogen-bond acceptors (Lipinski definition) is 5. The van der Waals surface area contributed by atoms with Gasteiger partial charge in [-0.1, -0.05) is 6.07 Å². The number of thiophene rings is 1. The molecule has 3 rings (SSSR count). The Labute approximate surface area is 110 Å². The van der Waals surface area contributed by atoms with Gasteiger partial charge in [0.2, 0.25) is 5.89 Å². The normalized spacial score (nSPS) is 21.3. The van der Waals surface area contributed by atoms with Crippen molar-refractivity contribution in [1.29, 1.82) is 0 Å². The average Bonchev–Trinajstić information content (AvgIpc) is 2.98. The van der Waals surface area contributed by atoms with Crippen molar-refractivity contribution in [3.63, 3.8) is 0 Å². The van der Waals surface area contributed by atoms with Gasteiger partial charge >= 0.3 is 0 Å². The fourth-order valence-corrected chi connectivity index (χ4v) is 2.95. The molecule has 96 valence electrons. The molecule has 0 bridgehead atoms. The van der Waals surface area contributed by atoms with Gasteiger partial charge < -0.3 is 9.52 Å². The molecule has 0 spiro atoms. The highest BCUT2D eigenvalue weighted by atomic mass is 32.1. The van der Waals surface area contributed by atoms with Gasteiger partial charge in [-0.25, -0.2) is 4.98 Å². The van der Waals surface area contributed by atoms with Crippen molar-refractivity contribution in [1.82, 2.24) is 9.88 Å². The zero-order valence-corrected chi connectivity index (χ0v) is 10.9. The van der Waals surface area contributed by atoms with Gasteiger partial charge in [0.25, 0.3) is 0 Å². The van der Waals surface area contributed by atoms with E-state index in [0.29, 0.717) is 5.89 Å². The lowest BCUT2D eigenvalue weighted by atomic mass is 10.1. The van der Waals surface area contributed by atoms with Gasteiger partial charge in [0.15, 0.2) is 0 Å². The molecule has 18 heavy (non-hydrogen) atoms. The number of nitrogens with zero attached hydrogens (tertiary/aromatic N) is 2. The zero-order chi connectivity index (χ0) is 12.4. The van der Waals surface area contributed by atoms with Gasteiger partial charge in [0.1, 0.15) is 6.26 Å². The number of aliphatic hydroxyl groups excluding tert-OH is 1. The van der Waals surface area contributed by atoms with Crippen molar-refractivity contribution in [2.24, 2.45) is 0 Å². The molecule has 1 aliphatic rings. The van der Waals surface area contributed by atoms with Gasteiger partial charge in [-0.2, -0.15) is 0 Å². The van der Waals surface area contributed by atoms with Gasteiger partial charge in [0, 0.05) is 13.1 Å². The number of hydrogen-bond donors (Lipinski definition) is 1. The van der Waals surface area contributed by atoms with Crippen molar-refractivity contribution in [3.8, 4) is 10.8 Å². The standard InChI is InChI=1S/C13H16N2O2S/c16-11-3-1-5-15(8-11)7-10-9-17-13(14-10)12-4-2-6-18-12/h2,4,6,9,11,16H,1,3,5,7-8H2/t11-/m0/s1. The minimum atomic E-state index is -0.192. The number of β-amino-alcohol motifs (C(OH)–C–C–N with tert-alkyl or cyclic N) is 1. The quantitative estimate of drug-likeness (QED) is 0.924. The summed E-state index contributed by atoms with van der Waals surface area (Å²) in [6.45, 7) is 2.52. The molecular weight excluding hydrogens is 248 g/mol. The zero-order valence-electron chi connectivity index (χ0n) is 10.1. The SMILES string of the molecule is O[C@H]1CCCN(Cc2coc(-c3cccs3)n2)C1. The second-order valence-electron chi connectivity index (χ2n) is 4.65. The van der Waals surface area contributed by atoms with E-state index in [1.165, 1.54) is 0 Å². The molecule has 1 fully saturated rings. The number of oxazole rings is 1. The van der Waals surface area contributed by atoms with Gasteiger partial charge in [0.05, 0.1) is 16.7 Å². The first kappa shape index (κ1) is 11.9. The Morgan fingerprint density at radius 2 is 2.50 bits per heavy atom. The molecule has 2 aromatic heterocycles. The molecule has 1 N–H and O–H groups in total. The Hall–Kier alpha value is -1.17. The Morgan fingerprint density at radius 1 is 1.56 bits per heavy atom. The van der Waals surface area contributed by atoms with E-state index in [4.69, 9.17) is 4.42 Å². The lowest BCUT2D eigenvalue weighted by molar-refractivity contribution is 0.0662. The molecule has 0 amide bonds. The van der Waals surface area contributed by atoms with Gasteiger partial charge in [-0.3, -0.25) is 4.90 Å². The molecule has 1 aliphatic heterocycles. The summed E-state index contributed by atoms with van der Waals surface area (Å²) in [6.07, 6.45) is 3.49. The second kappa shape index (κ2) is 5.22. The fourth-order valence-electron chi connectivity index (χ4n) is 2.30. The second-order valence-corrected chi connectivity index (χ2v) is 5.60. The maximum Gasteiger partial charge on any atom is 0.236 e. The average molecular weight is 264 g/mol. The Bertz CT molecular complexity index is 495. The van der Waals surface area contributed by atoms with E-state index < -0.39 is 0 Å². The Balaban J connectivity index is 1.66. The number of aromatic nitrogens is 1. The molecule has 0 aliphatic carbocycles. The summed E-state index contributed by atoms with van der Waals surface area (Å²) in [5.41, 5.74) is 0.938. The van der Waals surface area contributed by atoms with Gasteiger partial charge in [-0.15, -0.1) is 11.3 Å². The summed E-state index contributed by atoms with van der Waals surface area (Å²) >= 11 is 1.63. The monoisotopic (exact) mass is 264 g/mol. The summed E-state index contributed by atoms with van der Waals surface area (Å²) in [6, 6.07) is 4.00. The van der Waals surface area contributed by atoms with Crippen LogP contribution >= 0.6 is 11.3 Å². The molecule has 1 atom stereocenters. The van der Waals surface area contributed by atoms with Crippen LogP contribution in [0.25, 0.3) is 10.8 Å². The third-order valence-electron chi connectivity index (χ3n) is 3.15. The van der Waals surface area contributed by atoms with Crippen molar-refractivity contribution in [3.05, 3.63) is 29.5 Å². The number of likely N-dealkylation sites (tertiary alicyclic amines) is 1. The number of piperidine rings is 1. The highest BCUT2D eigenvalue weighted by Crippen LogP contribution is 2.24. The predicted molar refractivity (Wildman–Crippen MR) is 70.3 cm³/mol. The van der Waals surface area contributed by atoms with Crippen LogP contribution in [0.3, 0.4) is 0 Å². The summed E-state index contributed by atoms with van der Waals surface area (Å²) in [5.74, 6) is 0.692. The first-order valence-corrected chi connectivity index (χ1v) is 7.08. The molecule has 0 radical (unpaired) electrons. The van der Waals surface area contributed by atoms with Crippen LogP contribution in [0, 0.1) is 0 Å². The van der Waals surface area contributed by atoms with Crippen LogP contribution in [-0.2, 0) is 6.54 Å². The minimum absolute atomic E-state index is 0.192. The summed E-state index contributed by atoms with van der Waals surface area (Å²) in [4.78, 5) is 7.77. The third kappa shape index (κ3) is 2.63. The summed E-state index contributed by atoms with van der Waals surface area (Å²) in [7, 11) is 0. The van der Waals surface area contributed by atoms with E-state index in [1.54, 1.807) is 17.6 Å². The Kier molecular flexibility index (Phi) is 3.45. The Morgan fingerprint density at radius 3 is 3.28 bits per heavy atom. The maximum atomic E-state index is 9.63. The van der Waals surface area contributed by atoms with E-state index in [9.17, 15) is 5.11 Å². The van der Waals surface area contributed by atoms with Gasteiger partial charge in [-0.05, 0) is 30.8 Å². The van der Waals surface area contributed by atoms with Crippen LogP contribution in [0.4, 0.5) is 0 Å². The smallest absolute Gasteiger partial charge is 0.236 e. The highest BCUT2D eigenvalue weighted by molar-refractivity contribution is 7.13. The summed E-state index contributed by atoms with van der Waals surface area (Å²) < 4.78 is 5.49. The van der Waals surface area contributed by atoms with Crippen LogP contribution in [0.1, 0.15) is 18.5 Å². The van der Waals surface area contributed by atoms with Crippen LogP contribution in [0.2, 0.25) is 0 Å². The van der Waals surface area contributed by atoms with E-state index in [2.05, 4.69) is 9.88 Å². The fraction of sp³-hybridized carbons (Fsp3) is 0.462. The van der Waals surface area contributed by atoms with E-state index in [-0.39, 0.29) is 6.10 Å². The van der Waals surface area contributed by atoms with E-state index in [1.807, 2.05) is 17.5 Å². The van der Waals surface area contributed by atoms with Crippen molar-refractivity contribution < 1.29 is 9.52 Å². The molecule has 1 saturated heterocycles. The molecule has 0 aromatic carbocycles. The van der Waals surface area contributed by atoms with Crippen molar-refractivity contribution in [2.75, 3.05) is 13.1 Å². The first-order chi connectivity index (χ1) is 8.81. The molecular formula is C13H16N2O2S. The van der Waals surface area contributed by atoms with Crippen LogP contribution in [-0.4, -0.2) is 34.2 Å². The topological polar surface area (TPSA) is 49.5 Å². The largest absolute Gasteiger partial charge is 0.444 e. The van der Waals surface area contributed by atoms with E-state index in [0.717, 1.165) is 43.0 Å².